The van der Waals surface area contributed by atoms with Gasteiger partial charge in [-0.05, 0) is 30.2 Å². The Morgan fingerprint density at radius 1 is 1.25 bits per heavy atom. The molecule has 1 N–H and O–H groups in total. The Morgan fingerprint density at radius 3 is 2.90 bits per heavy atom. The molecule has 0 amide bonds. The van der Waals surface area contributed by atoms with Crippen molar-refractivity contribution >= 4 is 39.7 Å². The van der Waals surface area contributed by atoms with Crippen LogP contribution >= 0.6 is 22.9 Å². The average Bonchev–Trinajstić information content (AvgIpc) is 2.92. The Labute approximate surface area is 125 Å². The zero-order valence-electron chi connectivity index (χ0n) is 10.9. The van der Waals surface area contributed by atoms with Crippen molar-refractivity contribution in [3.63, 3.8) is 0 Å². The monoisotopic (exact) mass is 304 g/mol. The number of benzene rings is 1. The molecule has 0 fully saturated rings. The Balaban J connectivity index is 1.86. The molecule has 0 aliphatic heterocycles. The van der Waals surface area contributed by atoms with Gasteiger partial charge in [-0.1, -0.05) is 19.1 Å². The highest BCUT2D eigenvalue weighted by molar-refractivity contribution is 7.11. The number of aryl methyl sites for hydroxylation is 1. The van der Waals surface area contributed by atoms with Gasteiger partial charge in [-0.3, -0.25) is 0 Å². The van der Waals surface area contributed by atoms with Crippen molar-refractivity contribution in [2.75, 3.05) is 5.32 Å². The number of nitrogens with one attached hydrogen (secondary N) is 1. The molecule has 0 saturated heterocycles. The van der Waals surface area contributed by atoms with E-state index in [0.29, 0.717) is 6.54 Å². The molecule has 0 saturated carbocycles. The number of rotatable bonds is 4. The minimum Gasteiger partial charge on any atom is -0.363 e. The zero-order chi connectivity index (χ0) is 13.9. The molecule has 20 heavy (non-hydrogen) atoms. The smallest absolute Gasteiger partial charge is 0.224 e. The summed E-state index contributed by atoms with van der Waals surface area (Å²) in [6, 6.07) is 7.80. The highest BCUT2D eigenvalue weighted by Crippen LogP contribution is 2.23. The number of fused-ring (bicyclic) bond motifs is 1. The van der Waals surface area contributed by atoms with Gasteiger partial charge in [0.2, 0.25) is 5.28 Å². The van der Waals surface area contributed by atoms with E-state index in [1.807, 2.05) is 30.5 Å². The van der Waals surface area contributed by atoms with E-state index < -0.39 is 0 Å². The summed E-state index contributed by atoms with van der Waals surface area (Å²) in [5.74, 6) is 0.744. The van der Waals surface area contributed by atoms with Crippen molar-refractivity contribution in [1.29, 1.82) is 0 Å². The third-order valence-corrected chi connectivity index (χ3v) is 4.24. The predicted octanol–water partition coefficient (Wildman–Crippen LogP) is 3.91. The molecule has 0 bridgehead atoms. The number of hydrogen-bond donors (Lipinski definition) is 1. The van der Waals surface area contributed by atoms with E-state index in [1.54, 1.807) is 11.3 Å². The number of anilines is 1. The lowest BCUT2D eigenvalue weighted by Crippen LogP contribution is -2.02. The topological polar surface area (TPSA) is 50.7 Å². The fourth-order valence-electron chi connectivity index (χ4n) is 1.94. The highest BCUT2D eigenvalue weighted by atomic mass is 35.5. The molecule has 6 heteroatoms. The van der Waals surface area contributed by atoms with Crippen LogP contribution in [0.4, 0.5) is 5.82 Å². The summed E-state index contributed by atoms with van der Waals surface area (Å²) in [5, 5.41) is 5.55. The van der Waals surface area contributed by atoms with Crippen LogP contribution < -0.4 is 5.32 Å². The summed E-state index contributed by atoms with van der Waals surface area (Å²) in [4.78, 5) is 14.1. The lowest BCUT2D eigenvalue weighted by atomic mass is 10.2. The van der Waals surface area contributed by atoms with Crippen molar-refractivity contribution in [3.05, 3.63) is 45.6 Å². The molecule has 3 rings (SSSR count). The van der Waals surface area contributed by atoms with Gasteiger partial charge in [0.15, 0.2) is 0 Å². The largest absolute Gasteiger partial charge is 0.363 e. The number of nitrogens with zero attached hydrogens (tertiary/aromatic N) is 3. The first-order valence-corrected chi connectivity index (χ1v) is 7.55. The molecular weight excluding hydrogens is 292 g/mol. The van der Waals surface area contributed by atoms with Gasteiger partial charge in [-0.2, -0.15) is 0 Å². The predicted molar refractivity (Wildman–Crippen MR) is 83.4 cm³/mol. The van der Waals surface area contributed by atoms with E-state index in [4.69, 9.17) is 11.6 Å². The molecule has 2 heterocycles. The van der Waals surface area contributed by atoms with E-state index in [2.05, 4.69) is 27.2 Å². The summed E-state index contributed by atoms with van der Waals surface area (Å²) < 4.78 is 0. The lowest BCUT2D eigenvalue weighted by Gasteiger charge is -2.07. The van der Waals surface area contributed by atoms with E-state index in [0.717, 1.165) is 28.1 Å². The van der Waals surface area contributed by atoms with Crippen LogP contribution in [0.3, 0.4) is 0 Å². The molecule has 4 nitrogen and oxygen atoms in total. The van der Waals surface area contributed by atoms with E-state index >= 15 is 0 Å². The Kier molecular flexibility index (Phi) is 3.80. The van der Waals surface area contributed by atoms with Crippen LogP contribution in [0.1, 0.15) is 16.8 Å². The summed E-state index contributed by atoms with van der Waals surface area (Å²) in [6.07, 6.45) is 2.94. The van der Waals surface area contributed by atoms with E-state index in [-0.39, 0.29) is 5.28 Å². The van der Waals surface area contributed by atoms with Crippen molar-refractivity contribution in [1.82, 2.24) is 15.0 Å². The number of thiazole rings is 1. The molecule has 3 aromatic rings. The number of aromatic nitrogens is 3. The van der Waals surface area contributed by atoms with Crippen LogP contribution in [0.5, 0.6) is 0 Å². The van der Waals surface area contributed by atoms with Crippen LogP contribution in [0.15, 0.2) is 30.5 Å². The van der Waals surface area contributed by atoms with Crippen LogP contribution in [-0.4, -0.2) is 15.0 Å². The second kappa shape index (κ2) is 5.73. The van der Waals surface area contributed by atoms with Gasteiger partial charge in [0.25, 0.3) is 0 Å². The lowest BCUT2D eigenvalue weighted by molar-refractivity contribution is 1.07. The maximum absolute atomic E-state index is 5.96. The van der Waals surface area contributed by atoms with Gasteiger partial charge in [-0.25, -0.2) is 15.0 Å². The van der Waals surface area contributed by atoms with Crippen molar-refractivity contribution < 1.29 is 0 Å². The second-order valence-electron chi connectivity index (χ2n) is 4.29. The minimum atomic E-state index is 0.250. The Hall–Kier alpha value is -1.72. The van der Waals surface area contributed by atoms with Gasteiger partial charge >= 0.3 is 0 Å². The van der Waals surface area contributed by atoms with Gasteiger partial charge in [-0.15, -0.1) is 11.3 Å². The van der Waals surface area contributed by atoms with Crippen LogP contribution in [-0.2, 0) is 13.0 Å². The summed E-state index contributed by atoms with van der Waals surface area (Å²) in [7, 11) is 0. The first-order valence-electron chi connectivity index (χ1n) is 6.36. The van der Waals surface area contributed by atoms with E-state index in [1.165, 1.54) is 4.88 Å². The second-order valence-corrected chi connectivity index (χ2v) is 5.82. The van der Waals surface area contributed by atoms with Crippen molar-refractivity contribution in [3.8, 4) is 0 Å². The standard InChI is InChI=1S/C14H13ClN4S/c1-2-9-7-16-12(20-9)8-17-13-10-5-3-4-6-11(10)18-14(15)19-13/h3-7H,2,8H2,1H3,(H,17,18,19). The SMILES string of the molecule is CCc1cnc(CNc2nc(Cl)nc3ccccc23)s1. The third kappa shape index (κ3) is 2.73. The van der Waals surface area contributed by atoms with Gasteiger partial charge in [0.1, 0.15) is 10.8 Å². The van der Waals surface area contributed by atoms with Crippen LogP contribution in [0.2, 0.25) is 5.28 Å². The van der Waals surface area contributed by atoms with E-state index in [9.17, 15) is 0 Å². The Morgan fingerprint density at radius 2 is 2.10 bits per heavy atom. The fraction of sp³-hybridized carbons (Fsp3) is 0.214. The molecule has 0 radical (unpaired) electrons. The maximum atomic E-state index is 5.96. The fourth-order valence-corrected chi connectivity index (χ4v) is 2.91. The quantitative estimate of drug-likeness (QED) is 0.742. The zero-order valence-corrected chi connectivity index (χ0v) is 12.5. The highest BCUT2D eigenvalue weighted by Gasteiger charge is 2.07. The van der Waals surface area contributed by atoms with Gasteiger partial charge in [0, 0.05) is 16.5 Å². The summed E-state index contributed by atoms with van der Waals surface area (Å²) >= 11 is 7.67. The number of para-hydroxylation sites is 1. The van der Waals surface area contributed by atoms with Gasteiger partial charge in [0.05, 0.1) is 12.1 Å². The van der Waals surface area contributed by atoms with Gasteiger partial charge < -0.3 is 5.32 Å². The summed E-state index contributed by atoms with van der Waals surface area (Å²) in [5.41, 5.74) is 0.836. The van der Waals surface area contributed by atoms with Crippen LogP contribution in [0, 0.1) is 0 Å². The normalized spacial score (nSPS) is 10.9. The molecule has 0 unspecified atom stereocenters. The Bertz CT molecular complexity index is 741. The first kappa shape index (κ1) is 13.3. The molecule has 1 aromatic carbocycles. The number of halogens is 1. The summed E-state index contributed by atoms with van der Waals surface area (Å²) in [6.45, 7) is 2.77. The third-order valence-electron chi connectivity index (χ3n) is 2.93. The minimum absolute atomic E-state index is 0.250. The van der Waals surface area contributed by atoms with Crippen molar-refractivity contribution in [2.45, 2.75) is 19.9 Å². The molecule has 0 spiro atoms. The first-order chi connectivity index (χ1) is 9.76. The maximum Gasteiger partial charge on any atom is 0.224 e. The van der Waals surface area contributed by atoms with Crippen molar-refractivity contribution in [2.24, 2.45) is 0 Å². The molecule has 2 aromatic heterocycles. The molecular formula is C14H13ClN4S. The molecule has 102 valence electrons. The van der Waals surface area contributed by atoms with Crippen LogP contribution in [0.25, 0.3) is 10.9 Å². The molecule has 0 aliphatic carbocycles. The average molecular weight is 305 g/mol. The molecule has 0 atom stereocenters. The number of hydrogen-bond acceptors (Lipinski definition) is 5. The molecule has 0 aliphatic rings.